The number of hydrogen-bond acceptors (Lipinski definition) is 5. The topological polar surface area (TPSA) is 76.9 Å². The Kier molecular flexibility index (Phi) is 5.46. The molecule has 3 aromatic rings. The Morgan fingerprint density at radius 2 is 1.92 bits per heavy atom. The van der Waals surface area contributed by atoms with Crippen molar-refractivity contribution in [2.24, 2.45) is 0 Å². The van der Waals surface area contributed by atoms with Crippen molar-refractivity contribution in [1.82, 2.24) is 14.8 Å². The number of hydrogen-bond donors (Lipinski definition) is 1. The van der Waals surface area contributed by atoms with E-state index in [0.29, 0.717) is 22.4 Å². The van der Waals surface area contributed by atoms with Crippen LogP contribution >= 0.6 is 11.3 Å². The smallest absolute Gasteiger partial charge is 0.278 e. The maximum atomic E-state index is 12.8. The van der Waals surface area contributed by atoms with Crippen LogP contribution in [0.5, 0.6) is 0 Å². The van der Waals surface area contributed by atoms with Gasteiger partial charge in [0.05, 0.1) is 11.1 Å². The molecule has 0 fully saturated rings. The molecule has 0 radical (unpaired) electrons. The zero-order valence-electron chi connectivity index (χ0n) is 15.2. The van der Waals surface area contributed by atoms with Crippen LogP contribution < -0.4 is 10.9 Å². The molecule has 0 bridgehead atoms. The number of aromatic nitrogens is 3. The first-order valence-electron chi connectivity index (χ1n) is 8.76. The van der Waals surface area contributed by atoms with Crippen LogP contribution in [-0.2, 0) is 6.54 Å². The van der Waals surface area contributed by atoms with Crippen molar-refractivity contribution in [3.05, 3.63) is 50.9 Å². The van der Waals surface area contributed by atoms with Crippen molar-refractivity contribution in [3.8, 4) is 0 Å². The van der Waals surface area contributed by atoms with Crippen molar-refractivity contribution in [2.45, 2.75) is 46.6 Å². The van der Waals surface area contributed by atoms with E-state index >= 15 is 0 Å². The quantitative estimate of drug-likeness (QED) is 0.667. The fourth-order valence-electron chi connectivity index (χ4n) is 2.75. The van der Waals surface area contributed by atoms with Crippen molar-refractivity contribution >= 4 is 33.1 Å². The highest BCUT2D eigenvalue weighted by Crippen LogP contribution is 2.22. The highest BCUT2D eigenvalue weighted by molar-refractivity contribution is 7.15. The predicted octanol–water partition coefficient (Wildman–Crippen LogP) is 3.91. The van der Waals surface area contributed by atoms with E-state index in [1.165, 1.54) is 16.0 Å². The summed E-state index contributed by atoms with van der Waals surface area (Å²) in [6.07, 6.45) is 2.92. The second-order valence-corrected chi connectivity index (χ2v) is 7.45. The van der Waals surface area contributed by atoms with Gasteiger partial charge < -0.3 is 0 Å². The number of benzene rings is 1. The molecule has 0 saturated carbocycles. The van der Waals surface area contributed by atoms with Gasteiger partial charge in [-0.3, -0.25) is 14.9 Å². The Labute approximate surface area is 155 Å². The van der Waals surface area contributed by atoms with Crippen molar-refractivity contribution in [1.29, 1.82) is 0 Å². The van der Waals surface area contributed by atoms with Gasteiger partial charge in [-0.1, -0.05) is 38.0 Å². The van der Waals surface area contributed by atoms with Crippen LogP contribution in [-0.4, -0.2) is 20.7 Å². The molecule has 0 unspecified atom stereocenters. The summed E-state index contributed by atoms with van der Waals surface area (Å²) in [5, 5.41) is 8.80. The van der Waals surface area contributed by atoms with Crippen molar-refractivity contribution in [2.75, 3.05) is 5.32 Å². The van der Waals surface area contributed by atoms with E-state index in [2.05, 4.69) is 22.3 Å². The summed E-state index contributed by atoms with van der Waals surface area (Å²) in [4.78, 5) is 30.9. The van der Waals surface area contributed by atoms with Gasteiger partial charge in [0, 0.05) is 16.8 Å². The first-order chi connectivity index (χ1) is 12.5. The Balaban J connectivity index is 2.01. The number of aryl methyl sites for hydroxylation is 3. The predicted molar refractivity (Wildman–Crippen MR) is 105 cm³/mol. The minimum absolute atomic E-state index is 0.158. The average Bonchev–Trinajstić information content (AvgIpc) is 2.94. The lowest BCUT2D eigenvalue weighted by Crippen LogP contribution is -2.27. The fraction of sp³-hybridized carbons (Fsp3) is 0.368. The van der Waals surface area contributed by atoms with E-state index in [4.69, 9.17) is 0 Å². The molecule has 0 aliphatic heterocycles. The molecule has 1 aromatic carbocycles. The molecule has 2 heterocycles. The van der Waals surface area contributed by atoms with Gasteiger partial charge in [0.1, 0.15) is 0 Å². The molecule has 0 spiro atoms. The fourth-order valence-corrected chi connectivity index (χ4v) is 3.56. The minimum atomic E-state index is -0.348. The Morgan fingerprint density at radius 3 is 2.58 bits per heavy atom. The van der Waals surface area contributed by atoms with Gasteiger partial charge in [-0.2, -0.15) is 5.10 Å². The van der Waals surface area contributed by atoms with E-state index in [0.717, 1.165) is 29.8 Å². The van der Waals surface area contributed by atoms with Crippen LogP contribution in [0, 0.1) is 13.8 Å². The molecular weight excluding hydrogens is 348 g/mol. The van der Waals surface area contributed by atoms with E-state index < -0.39 is 0 Å². The molecule has 1 N–H and O–H groups in total. The molecule has 0 aliphatic rings. The van der Waals surface area contributed by atoms with Crippen LogP contribution in [0.25, 0.3) is 10.8 Å². The monoisotopic (exact) mass is 370 g/mol. The zero-order chi connectivity index (χ0) is 18.7. The molecule has 1 amide bonds. The normalized spacial score (nSPS) is 11.0. The third kappa shape index (κ3) is 3.67. The number of unbranched alkanes of at least 4 members (excludes halogenated alkanes) is 2. The SMILES string of the molecule is CCCCCn1nc(C(=O)Nc2nc(C)c(C)s2)c2ccccc2c1=O. The number of fused-ring (bicyclic) bond motifs is 1. The average molecular weight is 370 g/mol. The maximum absolute atomic E-state index is 12.8. The molecule has 3 rings (SSSR count). The van der Waals surface area contributed by atoms with Crippen molar-refractivity contribution < 1.29 is 4.79 Å². The summed E-state index contributed by atoms with van der Waals surface area (Å²) in [5.74, 6) is -0.348. The van der Waals surface area contributed by atoms with Crippen LogP contribution in [0.15, 0.2) is 29.1 Å². The molecule has 26 heavy (non-hydrogen) atoms. The third-order valence-corrected chi connectivity index (χ3v) is 5.29. The van der Waals surface area contributed by atoms with Crippen LogP contribution in [0.4, 0.5) is 5.13 Å². The van der Waals surface area contributed by atoms with Crippen LogP contribution in [0.2, 0.25) is 0 Å². The highest BCUT2D eigenvalue weighted by Gasteiger charge is 2.18. The van der Waals surface area contributed by atoms with Gasteiger partial charge in [0.25, 0.3) is 11.5 Å². The molecule has 6 nitrogen and oxygen atoms in total. The lowest BCUT2D eigenvalue weighted by Gasteiger charge is -2.10. The Bertz CT molecular complexity index is 987. The molecule has 0 aliphatic carbocycles. The number of carbonyl (C=O) groups excluding carboxylic acids is 1. The molecule has 2 aromatic heterocycles. The highest BCUT2D eigenvalue weighted by atomic mass is 32.1. The van der Waals surface area contributed by atoms with E-state index in [1.54, 1.807) is 24.3 Å². The zero-order valence-corrected chi connectivity index (χ0v) is 16.0. The summed E-state index contributed by atoms with van der Waals surface area (Å²) in [6.45, 7) is 6.48. The Hall–Kier alpha value is -2.54. The summed E-state index contributed by atoms with van der Waals surface area (Å²) in [6, 6.07) is 7.10. The summed E-state index contributed by atoms with van der Waals surface area (Å²) >= 11 is 1.43. The number of carbonyl (C=O) groups is 1. The standard InChI is InChI=1S/C19H22N4O2S/c1-4-5-8-11-23-18(25)15-10-7-6-9-14(15)16(22-23)17(24)21-19-20-12(2)13(3)26-19/h6-7,9-10H,4-5,8,11H2,1-3H3,(H,20,21,24). The summed E-state index contributed by atoms with van der Waals surface area (Å²) in [7, 11) is 0. The van der Waals surface area contributed by atoms with Gasteiger partial charge >= 0.3 is 0 Å². The molecule has 136 valence electrons. The number of amides is 1. The first kappa shape index (κ1) is 18.3. The largest absolute Gasteiger partial charge is 0.296 e. The number of anilines is 1. The van der Waals surface area contributed by atoms with Crippen molar-refractivity contribution in [3.63, 3.8) is 0 Å². The lowest BCUT2D eigenvalue weighted by atomic mass is 10.1. The summed E-state index contributed by atoms with van der Waals surface area (Å²) in [5.41, 5.74) is 0.990. The summed E-state index contributed by atoms with van der Waals surface area (Å²) < 4.78 is 1.41. The van der Waals surface area contributed by atoms with Gasteiger partial charge in [-0.05, 0) is 26.3 Å². The number of nitrogens with one attached hydrogen (secondary N) is 1. The second-order valence-electron chi connectivity index (χ2n) is 6.24. The number of rotatable bonds is 6. The van der Waals surface area contributed by atoms with E-state index in [9.17, 15) is 9.59 Å². The van der Waals surface area contributed by atoms with Crippen LogP contribution in [0.1, 0.15) is 47.2 Å². The van der Waals surface area contributed by atoms with Gasteiger partial charge in [0.2, 0.25) is 0 Å². The third-order valence-electron chi connectivity index (χ3n) is 4.31. The van der Waals surface area contributed by atoms with Gasteiger partial charge in [-0.25, -0.2) is 9.67 Å². The molecular formula is C19H22N4O2S. The second kappa shape index (κ2) is 7.78. The lowest BCUT2D eigenvalue weighted by molar-refractivity contribution is 0.102. The van der Waals surface area contributed by atoms with Crippen LogP contribution in [0.3, 0.4) is 0 Å². The van der Waals surface area contributed by atoms with E-state index in [-0.39, 0.29) is 17.2 Å². The first-order valence-corrected chi connectivity index (χ1v) is 9.58. The minimum Gasteiger partial charge on any atom is -0.296 e. The molecule has 7 heteroatoms. The van der Waals surface area contributed by atoms with Gasteiger partial charge in [-0.15, -0.1) is 11.3 Å². The molecule has 0 atom stereocenters. The maximum Gasteiger partial charge on any atom is 0.278 e. The van der Waals surface area contributed by atoms with Gasteiger partial charge in [0.15, 0.2) is 10.8 Å². The van der Waals surface area contributed by atoms with E-state index in [1.807, 2.05) is 13.8 Å². The number of thiazole rings is 1. The Morgan fingerprint density at radius 1 is 1.19 bits per heavy atom. The molecule has 0 saturated heterocycles. The number of nitrogens with zero attached hydrogens (tertiary/aromatic N) is 3.